The number of amidine groups is 1. The zero-order valence-corrected chi connectivity index (χ0v) is 18.4. The third-order valence-corrected chi connectivity index (χ3v) is 7.42. The Morgan fingerprint density at radius 3 is 2.83 bits per heavy atom. The molecule has 0 bridgehead atoms. The van der Waals surface area contributed by atoms with Crippen molar-refractivity contribution in [3.05, 3.63) is 57.4 Å². The van der Waals surface area contributed by atoms with E-state index in [0.717, 1.165) is 34.7 Å². The van der Waals surface area contributed by atoms with Crippen molar-refractivity contribution in [2.45, 2.75) is 32.9 Å². The minimum Gasteiger partial charge on any atom is -0.510 e. The number of aliphatic hydroxyl groups excluding tert-OH is 1. The lowest BCUT2D eigenvalue weighted by Gasteiger charge is -2.30. The highest BCUT2D eigenvalue weighted by Crippen LogP contribution is 2.33. The summed E-state index contributed by atoms with van der Waals surface area (Å²) in [5.74, 6) is 0.629. The molecular formula is C22H26N4OS2. The normalized spacial score (nSPS) is 15.8. The summed E-state index contributed by atoms with van der Waals surface area (Å²) >= 11 is 3.32. The standard InChI is InChI=1S/C22H26N4OS2/c1-3-15(2)25(13-16-7-6-12-28-16)10-11-26-14-18(27)20(21(26)23)22-24-17-8-4-5-9-19(17)29-22/h4-9,12,15,23,27H,3,10-11,13-14H2,1-2H3. The van der Waals surface area contributed by atoms with Crippen LogP contribution in [-0.4, -0.2) is 51.4 Å². The van der Waals surface area contributed by atoms with Crippen molar-refractivity contribution < 1.29 is 5.11 Å². The van der Waals surface area contributed by atoms with Crippen LogP contribution in [0.15, 0.2) is 47.5 Å². The molecule has 2 aromatic heterocycles. The zero-order valence-electron chi connectivity index (χ0n) is 16.8. The molecule has 1 aliphatic heterocycles. The fourth-order valence-corrected chi connectivity index (χ4v) is 5.36. The van der Waals surface area contributed by atoms with Gasteiger partial charge in [-0.2, -0.15) is 0 Å². The first kappa shape index (κ1) is 20.1. The van der Waals surface area contributed by atoms with Crippen LogP contribution in [0.4, 0.5) is 0 Å². The molecule has 3 aromatic rings. The molecule has 29 heavy (non-hydrogen) atoms. The fraction of sp³-hybridized carbons (Fsp3) is 0.364. The summed E-state index contributed by atoms with van der Waals surface area (Å²) in [4.78, 5) is 10.4. The number of nitrogens with one attached hydrogen (secondary N) is 1. The highest BCUT2D eigenvalue weighted by atomic mass is 32.1. The van der Waals surface area contributed by atoms with Gasteiger partial charge in [-0.1, -0.05) is 25.1 Å². The molecule has 0 aliphatic carbocycles. The second kappa shape index (κ2) is 8.65. The van der Waals surface area contributed by atoms with Gasteiger partial charge in [0.15, 0.2) is 0 Å². The molecule has 1 aromatic carbocycles. The van der Waals surface area contributed by atoms with E-state index in [0.29, 0.717) is 30.5 Å². The van der Waals surface area contributed by atoms with Gasteiger partial charge in [-0.05, 0) is 36.9 Å². The number of hydrogen-bond donors (Lipinski definition) is 2. The predicted octanol–water partition coefficient (Wildman–Crippen LogP) is 5.22. The molecule has 3 heterocycles. The Bertz CT molecular complexity index is 992. The molecule has 0 spiro atoms. The van der Waals surface area contributed by atoms with Gasteiger partial charge < -0.3 is 10.0 Å². The Hall–Kier alpha value is -2.22. The average Bonchev–Trinajstić information content (AvgIpc) is 3.43. The van der Waals surface area contributed by atoms with Crippen LogP contribution in [0.25, 0.3) is 15.8 Å². The smallest absolute Gasteiger partial charge is 0.135 e. The summed E-state index contributed by atoms with van der Waals surface area (Å²) in [6, 6.07) is 12.7. The van der Waals surface area contributed by atoms with Crippen molar-refractivity contribution in [3.63, 3.8) is 0 Å². The predicted molar refractivity (Wildman–Crippen MR) is 123 cm³/mol. The van der Waals surface area contributed by atoms with Crippen LogP contribution in [-0.2, 0) is 6.54 Å². The van der Waals surface area contributed by atoms with Gasteiger partial charge in [0.1, 0.15) is 16.6 Å². The lowest BCUT2D eigenvalue weighted by atomic mass is 10.2. The molecule has 4 rings (SSSR count). The van der Waals surface area contributed by atoms with Gasteiger partial charge in [0.2, 0.25) is 0 Å². The number of nitrogens with zero attached hydrogens (tertiary/aromatic N) is 3. The molecule has 1 aliphatic rings. The largest absolute Gasteiger partial charge is 0.510 e. The van der Waals surface area contributed by atoms with Crippen LogP contribution >= 0.6 is 22.7 Å². The van der Waals surface area contributed by atoms with Crippen molar-refractivity contribution in [2.75, 3.05) is 19.6 Å². The number of hydrogen-bond acceptors (Lipinski definition) is 6. The Morgan fingerprint density at radius 2 is 2.10 bits per heavy atom. The van der Waals surface area contributed by atoms with Crippen LogP contribution in [0.1, 0.15) is 30.2 Å². The maximum atomic E-state index is 10.6. The van der Waals surface area contributed by atoms with Crippen LogP contribution in [0.2, 0.25) is 0 Å². The number of para-hydroxylation sites is 1. The molecule has 5 nitrogen and oxygen atoms in total. The second-order valence-electron chi connectivity index (χ2n) is 7.39. The summed E-state index contributed by atoms with van der Waals surface area (Å²) < 4.78 is 1.08. The Labute approximate surface area is 179 Å². The number of benzene rings is 1. The van der Waals surface area contributed by atoms with E-state index in [2.05, 4.69) is 41.2 Å². The quantitative estimate of drug-likeness (QED) is 0.518. The monoisotopic (exact) mass is 426 g/mol. The molecule has 2 N–H and O–H groups in total. The van der Waals surface area contributed by atoms with Crippen molar-refractivity contribution >= 4 is 44.3 Å². The number of aromatic nitrogens is 1. The molecule has 0 radical (unpaired) electrons. The summed E-state index contributed by atoms with van der Waals surface area (Å²) in [6.07, 6.45) is 1.09. The van der Waals surface area contributed by atoms with Gasteiger partial charge in [-0.25, -0.2) is 4.98 Å². The second-order valence-corrected chi connectivity index (χ2v) is 9.45. The molecule has 7 heteroatoms. The third-order valence-electron chi connectivity index (χ3n) is 5.50. The Kier molecular flexibility index (Phi) is 5.99. The van der Waals surface area contributed by atoms with Gasteiger partial charge in [0, 0.05) is 30.6 Å². The van der Waals surface area contributed by atoms with E-state index in [1.807, 2.05) is 29.2 Å². The van der Waals surface area contributed by atoms with Crippen LogP contribution in [0.3, 0.4) is 0 Å². The first-order valence-corrected chi connectivity index (χ1v) is 11.6. The van der Waals surface area contributed by atoms with Crippen LogP contribution < -0.4 is 0 Å². The Balaban J connectivity index is 1.45. The van der Waals surface area contributed by atoms with Crippen molar-refractivity contribution in [3.8, 4) is 0 Å². The van der Waals surface area contributed by atoms with Crippen molar-refractivity contribution in [2.24, 2.45) is 0 Å². The fourth-order valence-electron chi connectivity index (χ4n) is 3.59. The molecule has 152 valence electrons. The van der Waals surface area contributed by atoms with E-state index in [-0.39, 0.29) is 5.76 Å². The van der Waals surface area contributed by atoms with Crippen LogP contribution in [0.5, 0.6) is 0 Å². The maximum absolute atomic E-state index is 10.6. The van der Waals surface area contributed by atoms with Gasteiger partial charge in [-0.3, -0.25) is 10.3 Å². The summed E-state index contributed by atoms with van der Waals surface area (Å²) in [5.41, 5.74) is 1.50. The molecular weight excluding hydrogens is 400 g/mol. The molecule has 0 amide bonds. The number of aliphatic hydroxyl groups is 1. The Morgan fingerprint density at radius 1 is 1.28 bits per heavy atom. The van der Waals surface area contributed by atoms with E-state index >= 15 is 0 Å². The highest BCUT2D eigenvalue weighted by Gasteiger charge is 2.30. The van der Waals surface area contributed by atoms with Crippen molar-refractivity contribution in [1.29, 1.82) is 5.41 Å². The number of rotatable bonds is 8. The summed E-state index contributed by atoms with van der Waals surface area (Å²) in [5, 5.41) is 22.1. The first-order chi connectivity index (χ1) is 14.1. The first-order valence-electron chi connectivity index (χ1n) is 9.95. The van der Waals surface area contributed by atoms with E-state index in [1.54, 1.807) is 11.3 Å². The van der Waals surface area contributed by atoms with Gasteiger partial charge >= 0.3 is 0 Å². The van der Waals surface area contributed by atoms with E-state index in [9.17, 15) is 5.11 Å². The number of fused-ring (bicyclic) bond motifs is 1. The molecule has 0 fully saturated rings. The SMILES string of the molecule is CCC(C)N(CCN1CC(O)=C(c2nc3ccccc3s2)C1=N)Cc1cccs1. The number of thiophene rings is 1. The molecule has 1 unspecified atom stereocenters. The highest BCUT2D eigenvalue weighted by molar-refractivity contribution is 7.19. The van der Waals surface area contributed by atoms with E-state index in [4.69, 9.17) is 5.41 Å². The minimum atomic E-state index is 0.252. The number of thiazole rings is 1. The molecule has 0 saturated carbocycles. The van der Waals surface area contributed by atoms with Gasteiger partial charge in [-0.15, -0.1) is 22.7 Å². The molecule has 1 atom stereocenters. The van der Waals surface area contributed by atoms with E-state index in [1.165, 1.54) is 16.2 Å². The van der Waals surface area contributed by atoms with Crippen molar-refractivity contribution in [1.82, 2.24) is 14.8 Å². The lowest BCUT2D eigenvalue weighted by Crippen LogP contribution is -2.40. The zero-order chi connectivity index (χ0) is 20.4. The molecule has 0 saturated heterocycles. The third kappa shape index (κ3) is 4.22. The van der Waals surface area contributed by atoms with E-state index < -0.39 is 0 Å². The minimum absolute atomic E-state index is 0.252. The van der Waals surface area contributed by atoms with Crippen LogP contribution in [0, 0.1) is 5.41 Å². The summed E-state index contributed by atoms with van der Waals surface area (Å²) in [7, 11) is 0. The summed E-state index contributed by atoms with van der Waals surface area (Å²) in [6.45, 7) is 7.35. The van der Waals surface area contributed by atoms with Gasteiger partial charge in [0.05, 0.1) is 22.3 Å². The van der Waals surface area contributed by atoms with Gasteiger partial charge in [0.25, 0.3) is 0 Å². The maximum Gasteiger partial charge on any atom is 0.135 e. The average molecular weight is 427 g/mol. The topological polar surface area (TPSA) is 63.5 Å². The lowest BCUT2D eigenvalue weighted by molar-refractivity contribution is 0.182.